The van der Waals surface area contributed by atoms with Gasteiger partial charge in [0.05, 0.1) is 5.92 Å². The third-order valence-electron chi connectivity index (χ3n) is 2.55. The van der Waals surface area contributed by atoms with E-state index in [1.165, 1.54) is 13.8 Å². The van der Waals surface area contributed by atoms with Crippen LogP contribution in [-0.2, 0) is 9.59 Å². The fourth-order valence-electron chi connectivity index (χ4n) is 1.81. The zero-order valence-corrected chi connectivity index (χ0v) is 9.66. The molecule has 0 heterocycles. The molecule has 0 saturated heterocycles. The van der Waals surface area contributed by atoms with Gasteiger partial charge in [-0.3, -0.25) is 9.59 Å². The number of carbonyl (C=O) groups is 2. The van der Waals surface area contributed by atoms with Gasteiger partial charge in [0.2, 0.25) is 0 Å². The predicted octanol–water partition coefficient (Wildman–Crippen LogP) is 2.94. The van der Waals surface area contributed by atoms with Crippen LogP contribution in [0.2, 0.25) is 0 Å². The van der Waals surface area contributed by atoms with E-state index in [0.717, 1.165) is 19.3 Å². The standard InChI is InChI=1S/C13H20O2/c1-5-7-8-9-12(6-2)13(10(3)14)11(4)15/h5-6,12-13H,1-2,7-9H2,3-4H3. The van der Waals surface area contributed by atoms with Crippen molar-refractivity contribution in [3.8, 4) is 0 Å². The molecular formula is C13H20O2. The molecule has 1 unspecified atom stereocenters. The Morgan fingerprint density at radius 2 is 1.73 bits per heavy atom. The molecule has 0 N–H and O–H groups in total. The van der Waals surface area contributed by atoms with Gasteiger partial charge >= 0.3 is 0 Å². The van der Waals surface area contributed by atoms with E-state index in [9.17, 15) is 9.59 Å². The number of rotatable bonds is 8. The summed E-state index contributed by atoms with van der Waals surface area (Å²) in [5.74, 6) is -0.663. The van der Waals surface area contributed by atoms with Crippen LogP contribution >= 0.6 is 0 Å². The highest BCUT2D eigenvalue weighted by molar-refractivity contribution is 6.00. The average molecular weight is 208 g/mol. The molecule has 84 valence electrons. The van der Waals surface area contributed by atoms with Crippen molar-refractivity contribution >= 4 is 11.6 Å². The molecule has 2 nitrogen and oxygen atoms in total. The van der Waals surface area contributed by atoms with E-state index >= 15 is 0 Å². The normalized spacial score (nSPS) is 12.2. The van der Waals surface area contributed by atoms with Crippen molar-refractivity contribution in [3.63, 3.8) is 0 Å². The summed E-state index contributed by atoms with van der Waals surface area (Å²) < 4.78 is 0. The number of ketones is 2. The molecular weight excluding hydrogens is 188 g/mol. The Morgan fingerprint density at radius 1 is 1.20 bits per heavy atom. The minimum atomic E-state index is -0.507. The first-order valence-corrected chi connectivity index (χ1v) is 5.29. The second-order valence-electron chi connectivity index (χ2n) is 3.82. The van der Waals surface area contributed by atoms with Crippen molar-refractivity contribution in [1.29, 1.82) is 0 Å². The maximum absolute atomic E-state index is 11.3. The minimum Gasteiger partial charge on any atom is -0.299 e. The molecule has 1 atom stereocenters. The van der Waals surface area contributed by atoms with Crippen molar-refractivity contribution in [2.75, 3.05) is 0 Å². The lowest BCUT2D eigenvalue weighted by atomic mass is 9.83. The Bertz CT molecular complexity index is 239. The highest BCUT2D eigenvalue weighted by atomic mass is 16.1. The van der Waals surface area contributed by atoms with Crippen LogP contribution in [0.25, 0.3) is 0 Å². The molecule has 0 aliphatic carbocycles. The lowest BCUT2D eigenvalue weighted by Crippen LogP contribution is -2.27. The zero-order valence-electron chi connectivity index (χ0n) is 9.66. The average Bonchev–Trinajstić information content (AvgIpc) is 2.15. The Kier molecular flexibility index (Phi) is 6.59. The summed E-state index contributed by atoms with van der Waals surface area (Å²) in [5, 5.41) is 0. The first kappa shape index (κ1) is 13.8. The van der Waals surface area contributed by atoms with Crippen molar-refractivity contribution < 1.29 is 9.59 Å². The molecule has 0 rings (SSSR count). The molecule has 0 bridgehead atoms. The Labute approximate surface area is 92.1 Å². The molecule has 0 aliphatic rings. The van der Waals surface area contributed by atoms with Gasteiger partial charge in [0.25, 0.3) is 0 Å². The zero-order chi connectivity index (χ0) is 11.8. The first-order valence-electron chi connectivity index (χ1n) is 5.29. The Morgan fingerprint density at radius 3 is 2.07 bits per heavy atom. The lowest BCUT2D eigenvalue weighted by Gasteiger charge is -2.19. The summed E-state index contributed by atoms with van der Waals surface area (Å²) >= 11 is 0. The number of hydrogen-bond acceptors (Lipinski definition) is 2. The first-order chi connectivity index (χ1) is 7.04. The van der Waals surface area contributed by atoms with Gasteiger partial charge in [-0.05, 0) is 39.0 Å². The summed E-state index contributed by atoms with van der Waals surface area (Å²) in [6.45, 7) is 10.3. The van der Waals surface area contributed by atoms with Gasteiger partial charge in [-0.2, -0.15) is 0 Å². The summed E-state index contributed by atoms with van der Waals surface area (Å²) in [6, 6.07) is 0. The van der Waals surface area contributed by atoms with Gasteiger partial charge in [0, 0.05) is 0 Å². The molecule has 0 aromatic heterocycles. The molecule has 0 amide bonds. The quantitative estimate of drug-likeness (QED) is 0.349. The minimum absolute atomic E-state index is 0.0278. The van der Waals surface area contributed by atoms with Crippen LogP contribution in [0, 0.1) is 11.8 Å². The summed E-state index contributed by atoms with van der Waals surface area (Å²) in [5.41, 5.74) is 0. The van der Waals surface area contributed by atoms with Gasteiger partial charge in [-0.1, -0.05) is 12.2 Å². The van der Waals surface area contributed by atoms with Crippen molar-refractivity contribution in [2.45, 2.75) is 33.1 Å². The van der Waals surface area contributed by atoms with Gasteiger partial charge in [0.1, 0.15) is 11.6 Å². The maximum atomic E-state index is 11.3. The largest absolute Gasteiger partial charge is 0.299 e. The van der Waals surface area contributed by atoms with Crippen LogP contribution in [0.15, 0.2) is 25.3 Å². The van der Waals surface area contributed by atoms with E-state index in [2.05, 4.69) is 13.2 Å². The van der Waals surface area contributed by atoms with Gasteiger partial charge in [-0.15, -0.1) is 13.2 Å². The summed E-state index contributed by atoms with van der Waals surface area (Å²) in [4.78, 5) is 22.7. The molecule has 0 fully saturated rings. The summed E-state index contributed by atoms with van der Waals surface area (Å²) in [6.07, 6.45) is 6.23. The molecule has 0 spiro atoms. The maximum Gasteiger partial charge on any atom is 0.140 e. The topological polar surface area (TPSA) is 34.1 Å². The van der Waals surface area contributed by atoms with Gasteiger partial charge in [0.15, 0.2) is 0 Å². The monoisotopic (exact) mass is 208 g/mol. The molecule has 0 aromatic carbocycles. The van der Waals surface area contributed by atoms with Crippen molar-refractivity contribution in [1.82, 2.24) is 0 Å². The fourth-order valence-corrected chi connectivity index (χ4v) is 1.81. The SMILES string of the molecule is C=CCCCC(C=C)C(C(C)=O)C(C)=O. The summed E-state index contributed by atoms with van der Waals surface area (Å²) in [7, 11) is 0. The van der Waals surface area contributed by atoms with Gasteiger partial charge in [-0.25, -0.2) is 0 Å². The Balaban J connectivity index is 4.45. The van der Waals surface area contributed by atoms with E-state index in [0.29, 0.717) is 0 Å². The van der Waals surface area contributed by atoms with Gasteiger partial charge < -0.3 is 0 Å². The molecule has 15 heavy (non-hydrogen) atoms. The molecule has 0 saturated carbocycles. The third-order valence-corrected chi connectivity index (χ3v) is 2.55. The van der Waals surface area contributed by atoms with E-state index in [1.807, 2.05) is 6.08 Å². The highest BCUT2D eigenvalue weighted by Crippen LogP contribution is 2.22. The smallest absolute Gasteiger partial charge is 0.140 e. The van der Waals surface area contributed by atoms with Crippen LogP contribution in [0.5, 0.6) is 0 Å². The van der Waals surface area contributed by atoms with Crippen LogP contribution in [0.4, 0.5) is 0 Å². The van der Waals surface area contributed by atoms with E-state index in [4.69, 9.17) is 0 Å². The molecule has 0 aliphatic heterocycles. The molecule has 0 aromatic rings. The van der Waals surface area contributed by atoms with Crippen molar-refractivity contribution in [3.05, 3.63) is 25.3 Å². The van der Waals surface area contributed by atoms with Crippen LogP contribution in [0.1, 0.15) is 33.1 Å². The number of hydrogen-bond donors (Lipinski definition) is 0. The lowest BCUT2D eigenvalue weighted by molar-refractivity contribution is -0.131. The number of unbranched alkanes of at least 4 members (excludes halogenated alkanes) is 1. The fraction of sp³-hybridized carbons (Fsp3) is 0.538. The second-order valence-corrected chi connectivity index (χ2v) is 3.82. The number of carbonyl (C=O) groups excluding carboxylic acids is 2. The highest BCUT2D eigenvalue weighted by Gasteiger charge is 2.26. The Hall–Kier alpha value is -1.18. The van der Waals surface area contributed by atoms with Crippen LogP contribution < -0.4 is 0 Å². The number of Topliss-reactive ketones (excluding diaryl/α,β-unsaturated/α-hetero) is 2. The van der Waals surface area contributed by atoms with E-state index in [1.54, 1.807) is 6.08 Å². The second kappa shape index (κ2) is 7.16. The van der Waals surface area contributed by atoms with Crippen LogP contribution in [-0.4, -0.2) is 11.6 Å². The predicted molar refractivity (Wildman–Crippen MR) is 62.6 cm³/mol. The van der Waals surface area contributed by atoms with Crippen molar-refractivity contribution in [2.24, 2.45) is 11.8 Å². The van der Waals surface area contributed by atoms with E-state index < -0.39 is 5.92 Å². The molecule has 0 radical (unpaired) electrons. The van der Waals surface area contributed by atoms with E-state index in [-0.39, 0.29) is 17.5 Å². The molecule has 2 heteroatoms. The van der Waals surface area contributed by atoms with Crippen LogP contribution in [0.3, 0.4) is 0 Å². The number of allylic oxidation sites excluding steroid dienone is 2. The third kappa shape index (κ3) is 4.73.